The van der Waals surface area contributed by atoms with E-state index >= 15 is 8.78 Å². The normalized spacial score (nSPS) is 27.0. The topological polar surface area (TPSA) is 75.6 Å². The van der Waals surface area contributed by atoms with Crippen molar-refractivity contribution in [2.45, 2.75) is 106 Å². The summed E-state index contributed by atoms with van der Waals surface area (Å²) in [6.45, 7) is 0.975. The van der Waals surface area contributed by atoms with Gasteiger partial charge in [-0.15, -0.1) is 6.42 Å². The number of nitrogens with zero attached hydrogens (tertiary/aromatic N) is 5. The van der Waals surface area contributed by atoms with Crippen molar-refractivity contribution in [3.05, 3.63) is 53.2 Å². The first kappa shape index (κ1) is 40.8. The lowest BCUT2D eigenvalue weighted by Crippen LogP contribution is -2.68. The van der Waals surface area contributed by atoms with Crippen LogP contribution in [0.25, 0.3) is 32.9 Å². The van der Waals surface area contributed by atoms with E-state index in [0.29, 0.717) is 48.1 Å². The number of ether oxygens (including phenoxy) is 2. The van der Waals surface area contributed by atoms with Gasteiger partial charge in [-0.05, 0) is 68.9 Å². The Morgan fingerprint density at radius 1 is 0.917 bits per heavy atom. The van der Waals surface area contributed by atoms with Crippen LogP contribution in [-0.4, -0.2) is 100.0 Å². The first-order valence-corrected chi connectivity index (χ1v) is 19.6. The molecule has 5 aliphatic rings. The molecule has 320 valence electrons. The molecule has 60 heavy (non-hydrogen) atoms. The molecule has 0 saturated carbocycles. The summed E-state index contributed by atoms with van der Waals surface area (Å²) in [4.78, 5) is 18.0. The highest BCUT2D eigenvalue weighted by Crippen LogP contribution is 2.56. The number of hydrogen-bond acceptors (Lipinski definition) is 8. The van der Waals surface area contributed by atoms with Crippen LogP contribution in [0, 0.1) is 29.9 Å². The quantitative estimate of drug-likeness (QED) is 0.147. The van der Waals surface area contributed by atoms with E-state index in [-0.39, 0.29) is 83.8 Å². The Balaban J connectivity index is 1.10. The van der Waals surface area contributed by atoms with E-state index in [1.54, 1.807) is 18.2 Å². The molecule has 2 bridgehead atoms. The Labute approximate surface area is 335 Å². The first-order valence-electron chi connectivity index (χ1n) is 19.6. The number of anilines is 1. The van der Waals surface area contributed by atoms with Crippen molar-refractivity contribution in [1.29, 1.82) is 0 Å². The second-order valence-corrected chi connectivity index (χ2v) is 16.6. The molecule has 0 radical (unpaired) electrons. The summed E-state index contributed by atoms with van der Waals surface area (Å²) in [6.07, 6.45) is -11.8. The predicted octanol–water partition coefficient (Wildman–Crippen LogP) is 8.42. The Morgan fingerprint density at radius 2 is 1.67 bits per heavy atom. The van der Waals surface area contributed by atoms with Gasteiger partial charge in [0.2, 0.25) is 0 Å². The van der Waals surface area contributed by atoms with Crippen LogP contribution in [-0.2, 0) is 11.2 Å². The van der Waals surface area contributed by atoms with Crippen LogP contribution in [0.3, 0.4) is 0 Å². The lowest BCUT2D eigenvalue weighted by atomic mass is 9.89. The summed E-state index contributed by atoms with van der Waals surface area (Å²) in [7, 11) is 0. The zero-order valence-electron chi connectivity index (χ0n) is 31.8. The molecule has 19 heteroatoms. The van der Waals surface area contributed by atoms with Crippen molar-refractivity contribution in [2.75, 3.05) is 31.2 Å². The fraction of sp³-hybridized carbons (Fsp3) is 0.537. The molecule has 0 aliphatic carbocycles. The van der Waals surface area contributed by atoms with Gasteiger partial charge in [-0.1, -0.05) is 37.1 Å². The van der Waals surface area contributed by atoms with Crippen molar-refractivity contribution in [2.24, 2.45) is 5.92 Å². The number of alkyl halides is 9. The van der Waals surface area contributed by atoms with Gasteiger partial charge in [-0.25, -0.2) is 13.8 Å². The Bertz CT molecular complexity index is 2380. The van der Waals surface area contributed by atoms with Gasteiger partial charge >= 0.3 is 30.1 Å². The molecular formula is C41H37F11N6O2. The van der Waals surface area contributed by atoms with E-state index in [0.717, 1.165) is 12.8 Å². The minimum absolute atomic E-state index is 0.0188. The highest BCUT2D eigenvalue weighted by molar-refractivity contribution is 6.03. The minimum Gasteiger partial charge on any atom is -0.461 e. The molecule has 1 N–H and O–H groups in total. The van der Waals surface area contributed by atoms with Gasteiger partial charge in [0.1, 0.15) is 29.5 Å². The van der Waals surface area contributed by atoms with Gasteiger partial charge in [0, 0.05) is 41.7 Å². The molecule has 0 amide bonds. The van der Waals surface area contributed by atoms with Crippen molar-refractivity contribution in [3.8, 4) is 29.6 Å². The second kappa shape index (κ2) is 14.0. The molecule has 0 spiro atoms. The van der Waals surface area contributed by atoms with Gasteiger partial charge in [0.25, 0.3) is 0 Å². The zero-order chi connectivity index (χ0) is 42.7. The maximum atomic E-state index is 17.3. The number of piperazine rings is 1. The number of aromatic nitrogens is 3. The zero-order valence-corrected chi connectivity index (χ0v) is 31.8. The van der Waals surface area contributed by atoms with Gasteiger partial charge in [0.05, 0.1) is 28.8 Å². The Hall–Kier alpha value is -4.54. The fourth-order valence-corrected chi connectivity index (χ4v) is 10.6. The Kier molecular flexibility index (Phi) is 9.53. The van der Waals surface area contributed by atoms with Crippen LogP contribution in [0.1, 0.15) is 56.7 Å². The maximum absolute atomic E-state index is 17.3. The summed E-state index contributed by atoms with van der Waals surface area (Å²) in [5.41, 5.74) is -7.01. The number of hydrogen-bond donors (Lipinski definition) is 1. The molecule has 8 nitrogen and oxygen atoms in total. The number of nitrogens with one attached hydrogen (secondary N) is 1. The number of rotatable bonds is 7. The molecular weight excluding hydrogens is 817 g/mol. The first-order chi connectivity index (χ1) is 28.3. The smallest absolute Gasteiger partial charge is 0.435 e. The second-order valence-electron chi connectivity index (χ2n) is 16.6. The van der Waals surface area contributed by atoms with Crippen LogP contribution in [0.15, 0.2) is 30.3 Å². The van der Waals surface area contributed by atoms with E-state index in [4.69, 9.17) is 21.1 Å². The van der Waals surface area contributed by atoms with E-state index in [9.17, 15) is 39.5 Å². The highest BCUT2D eigenvalue weighted by Gasteiger charge is 2.85. The number of pyridine rings is 1. The van der Waals surface area contributed by atoms with Crippen LogP contribution in [0.2, 0.25) is 0 Å². The van der Waals surface area contributed by atoms with Crippen molar-refractivity contribution in [3.63, 3.8) is 0 Å². The van der Waals surface area contributed by atoms with Gasteiger partial charge in [-0.3, -0.25) is 4.90 Å². The monoisotopic (exact) mass is 854 g/mol. The van der Waals surface area contributed by atoms with Crippen LogP contribution in [0.4, 0.5) is 54.1 Å². The highest BCUT2D eigenvalue weighted by atomic mass is 19.4. The summed E-state index contributed by atoms with van der Waals surface area (Å²) in [5, 5.41) is 4.87. The molecule has 2 aromatic heterocycles. The van der Waals surface area contributed by atoms with E-state index in [2.05, 4.69) is 32.8 Å². The lowest BCUT2D eigenvalue weighted by molar-refractivity contribution is -0.458. The average Bonchev–Trinajstić information content (AvgIpc) is 3.84. The summed E-state index contributed by atoms with van der Waals surface area (Å²) >= 11 is 0. The van der Waals surface area contributed by atoms with E-state index < -0.39 is 54.0 Å². The minimum atomic E-state index is -6.85. The molecule has 4 aromatic rings. The molecule has 4 saturated heterocycles. The number of benzene rings is 2. The largest absolute Gasteiger partial charge is 0.461 e. The van der Waals surface area contributed by atoms with Gasteiger partial charge in [0.15, 0.2) is 5.82 Å². The number of fused-ring (bicyclic) bond motifs is 7. The SMILES string of the molecule is C#Cc1c(F)ccc2cccc(-c3nc4c5c(nc(OC[C@@]67CCCN6[C@H](COC(C(F)(F)F)(C(F)(F)F)C(F)(F)F)CC7)nc5c3F)N3C[C@H]5CC[C@H](N5)[C@@H]3[C@@H](C)C4)c12. The molecule has 4 fully saturated rings. The molecule has 9 rings (SSSR count). The van der Waals surface area contributed by atoms with Gasteiger partial charge < -0.3 is 19.7 Å². The summed E-state index contributed by atoms with van der Waals surface area (Å²) < 4.78 is 166. The third-order valence-corrected chi connectivity index (χ3v) is 13.2. The average molecular weight is 855 g/mol. The third-order valence-electron chi connectivity index (χ3n) is 13.2. The van der Waals surface area contributed by atoms with E-state index in [1.165, 1.54) is 17.0 Å². The summed E-state index contributed by atoms with van der Waals surface area (Å²) in [6, 6.07) is 6.34. The Morgan fingerprint density at radius 3 is 2.38 bits per heavy atom. The van der Waals surface area contributed by atoms with Crippen molar-refractivity contribution >= 4 is 27.5 Å². The molecule has 5 aliphatic heterocycles. The molecule has 6 atom stereocenters. The number of terminal acetylenes is 1. The van der Waals surface area contributed by atoms with E-state index in [1.807, 2.05) is 0 Å². The van der Waals surface area contributed by atoms with Crippen LogP contribution in [0.5, 0.6) is 6.01 Å². The molecule has 0 unspecified atom stereocenters. The van der Waals surface area contributed by atoms with Crippen LogP contribution >= 0.6 is 0 Å². The maximum Gasteiger partial charge on any atom is 0.435 e. The molecule has 2 aromatic carbocycles. The predicted molar refractivity (Wildman–Crippen MR) is 196 cm³/mol. The standard InChI is InChI=1S/C41H37F11N6O2/c1-3-24-26(42)10-8-21-6-4-7-25(29(21)24)32-31(43)33-30-28(54-32)16-20(2)34-27-11-9-22(53-27)17-57(34)35(30)56-36(55-33)59-19-37-13-5-15-58(37)23(12-14-37)18-60-38(39(44,45)46,40(47,48)49)41(50,51)52/h1,4,6-8,10,20,22-23,27,34,53H,5,9,11-19H2,2H3/t20-,22+,23-,27-,34-,37-/m0/s1. The third kappa shape index (κ3) is 6.09. The number of halogens is 11. The van der Waals surface area contributed by atoms with Crippen molar-refractivity contribution in [1.82, 2.24) is 25.2 Å². The van der Waals surface area contributed by atoms with Crippen molar-refractivity contribution < 1.29 is 57.8 Å². The summed E-state index contributed by atoms with van der Waals surface area (Å²) in [5.74, 6) is 1.21. The molecule has 7 heterocycles. The van der Waals surface area contributed by atoms with Crippen LogP contribution < -0.4 is 15.0 Å². The fourth-order valence-electron chi connectivity index (χ4n) is 10.6. The lowest BCUT2D eigenvalue weighted by Gasteiger charge is -2.43. The van der Waals surface area contributed by atoms with Gasteiger partial charge in [-0.2, -0.15) is 49.5 Å².